The van der Waals surface area contributed by atoms with Gasteiger partial charge < -0.3 is 15.5 Å². The van der Waals surface area contributed by atoms with Gasteiger partial charge in [-0.25, -0.2) is 9.78 Å². The minimum absolute atomic E-state index is 0.0563. The Hall–Kier alpha value is -2.40. The fourth-order valence-electron chi connectivity index (χ4n) is 2.09. The molecule has 0 aliphatic heterocycles. The molecule has 2 rings (SSSR count). The van der Waals surface area contributed by atoms with E-state index in [9.17, 15) is 9.90 Å². The molecule has 0 saturated carbocycles. The summed E-state index contributed by atoms with van der Waals surface area (Å²) in [5.41, 5.74) is 0.577. The lowest BCUT2D eigenvalue weighted by molar-refractivity contribution is 0.0697. The monoisotopic (exact) mass is 286 g/mol. The molecule has 5 heteroatoms. The van der Waals surface area contributed by atoms with Crippen LogP contribution >= 0.6 is 0 Å². The highest BCUT2D eigenvalue weighted by Gasteiger charge is 2.26. The van der Waals surface area contributed by atoms with Crippen LogP contribution < -0.4 is 5.32 Å². The predicted octanol–water partition coefficient (Wildman–Crippen LogP) is 2.14. The smallest absolute Gasteiger partial charge is 0.339 e. The zero-order valence-corrected chi connectivity index (χ0v) is 11.8. The van der Waals surface area contributed by atoms with Gasteiger partial charge in [0.05, 0.1) is 6.61 Å². The van der Waals surface area contributed by atoms with Gasteiger partial charge in [0, 0.05) is 18.2 Å². The largest absolute Gasteiger partial charge is 0.478 e. The number of carboxylic acids is 1. The molecule has 1 atom stereocenters. The minimum Gasteiger partial charge on any atom is -0.478 e. The Balaban J connectivity index is 2.20. The molecule has 1 unspecified atom stereocenters. The molecule has 0 saturated heterocycles. The number of aromatic carboxylic acids is 1. The fraction of sp³-hybridized carbons (Fsp3) is 0.250. The number of hydrogen-bond donors (Lipinski definition) is 3. The Morgan fingerprint density at radius 1 is 1.24 bits per heavy atom. The normalized spacial score (nSPS) is 13.4. The molecule has 0 aliphatic carbocycles. The molecule has 110 valence electrons. The molecule has 5 nitrogen and oxygen atoms in total. The summed E-state index contributed by atoms with van der Waals surface area (Å²) >= 11 is 0. The summed E-state index contributed by atoms with van der Waals surface area (Å²) in [6, 6.07) is 12.7. The highest BCUT2D eigenvalue weighted by Crippen LogP contribution is 2.24. The fourth-order valence-corrected chi connectivity index (χ4v) is 2.09. The quantitative estimate of drug-likeness (QED) is 0.758. The van der Waals surface area contributed by atoms with Crippen molar-refractivity contribution in [1.82, 2.24) is 4.98 Å². The van der Waals surface area contributed by atoms with Gasteiger partial charge in [-0.2, -0.15) is 0 Å². The van der Waals surface area contributed by atoms with Crippen LogP contribution in [0, 0.1) is 0 Å². The van der Waals surface area contributed by atoms with E-state index in [0.29, 0.717) is 12.4 Å². The van der Waals surface area contributed by atoms with E-state index in [1.54, 1.807) is 6.07 Å². The summed E-state index contributed by atoms with van der Waals surface area (Å²) in [6.45, 7) is 2.24. The second-order valence-corrected chi connectivity index (χ2v) is 5.14. The lowest BCUT2D eigenvalue weighted by atomic mass is 9.83. The average Bonchev–Trinajstić information content (AvgIpc) is 2.53. The first-order valence-electron chi connectivity index (χ1n) is 6.65. The highest BCUT2D eigenvalue weighted by atomic mass is 16.4. The third-order valence-electron chi connectivity index (χ3n) is 3.50. The molecule has 0 amide bonds. The summed E-state index contributed by atoms with van der Waals surface area (Å²) < 4.78 is 0. The number of aliphatic hydroxyl groups excluding tert-OH is 1. The summed E-state index contributed by atoms with van der Waals surface area (Å²) in [5, 5.41) is 21.9. The van der Waals surface area contributed by atoms with Crippen LogP contribution in [0.3, 0.4) is 0 Å². The van der Waals surface area contributed by atoms with Crippen molar-refractivity contribution in [3.63, 3.8) is 0 Å². The van der Waals surface area contributed by atoms with Gasteiger partial charge in [-0.15, -0.1) is 0 Å². The standard InChI is InChI=1S/C16H18N2O3/c1-16(11-19,12-6-3-2-4-7-12)10-18-14-13(15(20)21)8-5-9-17-14/h2-9,19H,10-11H2,1H3,(H,17,18)(H,20,21). The van der Waals surface area contributed by atoms with Gasteiger partial charge in [-0.3, -0.25) is 0 Å². The molecule has 1 heterocycles. The van der Waals surface area contributed by atoms with Crippen molar-refractivity contribution in [2.24, 2.45) is 0 Å². The van der Waals surface area contributed by atoms with Crippen LogP contribution in [0.5, 0.6) is 0 Å². The zero-order valence-electron chi connectivity index (χ0n) is 11.8. The van der Waals surface area contributed by atoms with Crippen molar-refractivity contribution in [2.45, 2.75) is 12.3 Å². The van der Waals surface area contributed by atoms with E-state index in [2.05, 4.69) is 10.3 Å². The third kappa shape index (κ3) is 3.38. The maximum atomic E-state index is 11.2. The van der Waals surface area contributed by atoms with E-state index in [4.69, 9.17) is 5.11 Å². The van der Waals surface area contributed by atoms with Crippen molar-refractivity contribution < 1.29 is 15.0 Å². The Morgan fingerprint density at radius 3 is 2.57 bits per heavy atom. The number of pyridine rings is 1. The van der Waals surface area contributed by atoms with E-state index < -0.39 is 11.4 Å². The number of hydrogen-bond acceptors (Lipinski definition) is 4. The lowest BCUT2D eigenvalue weighted by Crippen LogP contribution is -2.35. The van der Waals surface area contributed by atoms with Gasteiger partial charge in [0.15, 0.2) is 0 Å². The Labute approximate surface area is 123 Å². The van der Waals surface area contributed by atoms with Crippen molar-refractivity contribution in [2.75, 3.05) is 18.5 Å². The van der Waals surface area contributed by atoms with Gasteiger partial charge in [-0.05, 0) is 17.7 Å². The molecule has 0 spiro atoms. The van der Waals surface area contributed by atoms with E-state index in [-0.39, 0.29) is 12.2 Å². The van der Waals surface area contributed by atoms with Crippen LogP contribution in [0.4, 0.5) is 5.82 Å². The van der Waals surface area contributed by atoms with Gasteiger partial charge in [-0.1, -0.05) is 37.3 Å². The molecular formula is C16H18N2O3. The third-order valence-corrected chi connectivity index (χ3v) is 3.50. The van der Waals surface area contributed by atoms with Gasteiger partial charge in [0.25, 0.3) is 0 Å². The predicted molar refractivity (Wildman–Crippen MR) is 80.6 cm³/mol. The van der Waals surface area contributed by atoms with E-state index in [1.165, 1.54) is 12.3 Å². The number of aromatic nitrogens is 1. The van der Waals surface area contributed by atoms with Crippen LogP contribution in [0.2, 0.25) is 0 Å². The number of aliphatic hydroxyl groups is 1. The van der Waals surface area contributed by atoms with Crippen molar-refractivity contribution in [1.29, 1.82) is 0 Å². The molecule has 0 radical (unpaired) electrons. The topological polar surface area (TPSA) is 82.5 Å². The molecule has 0 bridgehead atoms. The molecule has 1 aromatic heterocycles. The second-order valence-electron chi connectivity index (χ2n) is 5.14. The average molecular weight is 286 g/mol. The molecule has 21 heavy (non-hydrogen) atoms. The minimum atomic E-state index is -1.03. The number of benzene rings is 1. The van der Waals surface area contributed by atoms with Crippen molar-refractivity contribution >= 4 is 11.8 Å². The number of nitrogens with zero attached hydrogens (tertiary/aromatic N) is 1. The van der Waals surface area contributed by atoms with Crippen molar-refractivity contribution in [3.05, 3.63) is 59.8 Å². The van der Waals surface area contributed by atoms with Crippen LogP contribution in [-0.4, -0.2) is 34.3 Å². The van der Waals surface area contributed by atoms with Gasteiger partial charge in [0.2, 0.25) is 0 Å². The first-order chi connectivity index (χ1) is 10.1. The maximum Gasteiger partial charge on any atom is 0.339 e. The molecule has 0 fully saturated rings. The maximum absolute atomic E-state index is 11.2. The Kier molecular flexibility index (Phi) is 4.55. The molecular weight excluding hydrogens is 268 g/mol. The second kappa shape index (κ2) is 6.37. The summed E-state index contributed by atoms with van der Waals surface area (Å²) in [5.74, 6) is -0.725. The van der Waals surface area contributed by atoms with Crippen LogP contribution in [0.25, 0.3) is 0 Å². The van der Waals surface area contributed by atoms with Gasteiger partial charge >= 0.3 is 5.97 Å². The Bertz CT molecular complexity index is 616. The summed E-state index contributed by atoms with van der Waals surface area (Å²) in [6.07, 6.45) is 1.54. The molecule has 1 aromatic carbocycles. The van der Waals surface area contributed by atoms with Crippen LogP contribution in [0.15, 0.2) is 48.7 Å². The first-order valence-corrected chi connectivity index (χ1v) is 6.65. The van der Waals surface area contributed by atoms with Crippen molar-refractivity contribution in [3.8, 4) is 0 Å². The zero-order chi connectivity index (χ0) is 15.3. The number of anilines is 1. The number of nitrogens with one attached hydrogen (secondary N) is 1. The molecule has 2 aromatic rings. The SMILES string of the molecule is CC(CO)(CNc1ncccc1C(=O)O)c1ccccc1. The molecule has 0 aliphatic rings. The number of carbonyl (C=O) groups is 1. The summed E-state index contributed by atoms with van der Waals surface area (Å²) in [7, 11) is 0. The van der Waals surface area contributed by atoms with E-state index in [1.807, 2.05) is 37.3 Å². The van der Waals surface area contributed by atoms with Crippen LogP contribution in [-0.2, 0) is 5.41 Å². The van der Waals surface area contributed by atoms with E-state index in [0.717, 1.165) is 5.56 Å². The molecule has 3 N–H and O–H groups in total. The van der Waals surface area contributed by atoms with Crippen LogP contribution in [0.1, 0.15) is 22.8 Å². The Morgan fingerprint density at radius 2 is 1.95 bits per heavy atom. The first kappa shape index (κ1) is 15.0. The number of rotatable bonds is 6. The summed E-state index contributed by atoms with van der Waals surface area (Å²) in [4.78, 5) is 15.2. The van der Waals surface area contributed by atoms with Gasteiger partial charge in [0.1, 0.15) is 11.4 Å². The lowest BCUT2D eigenvalue weighted by Gasteiger charge is -2.28. The number of carboxylic acid groups (broad SMARTS) is 1. The highest BCUT2D eigenvalue weighted by molar-refractivity contribution is 5.92. The van der Waals surface area contributed by atoms with E-state index >= 15 is 0 Å².